The van der Waals surface area contributed by atoms with Gasteiger partial charge in [-0.15, -0.1) is 0 Å². The van der Waals surface area contributed by atoms with E-state index in [0.29, 0.717) is 0 Å². The van der Waals surface area contributed by atoms with Gasteiger partial charge >= 0.3 is 0 Å². The molecule has 0 aromatic rings. The summed E-state index contributed by atoms with van der Waals surface area (Å²) in [6, 6.07) is 0. The Morgan fingerprint density at radius 3 is 3.07 bits per heavy atom. The van der Waals surface area contributed by atoms with E-state index in [0.717, 1.165) is 12.5 Å². The normalized spacial score (nSPS) is 24.0. The van der Waals surface area contributed by atoms with Crippen LogP contribution in [-0.2, 0) is 4.84 Å². The number of piperidine rings is 1. The zero-order valence-electron chi connectivity index (χ0n) is 9.59. The summed E-state index contributed by atoms with van der Waals surface area (Å²) in [5.41, 5.74) is 2.71. The predicted octanol–water partition coefficient (Wildman–Crippen LogP) is 1.65. The fourth-order valence-corrected chi connectivity index (χ4v) is 2.22. The van der Waals surface area contributed by atoms with Crippen molar-refractivity contribution in [2.45, 2.75) is 32.6 Å². The summed E-state index contributed by atoms with van der Waals surface area (Å²) in [5.74, 6) is 0.907. The summed E-state index contributed by atoms with van der Waals surface area (Å²) in [7, 11) is 1.82. The maximum Gasteiger partial charge on any atom is 0.0682 e. The average Bonchev–Trinajstić information content (AvgIpc) is 2.25. The summed E-state index contributed by atoms with van der Waals surface area (Å²) in [5, 5.41) is 0. The van der Waals surface area contributed by atoms with Crippen LogP contribution in [0.3, 0.4) is 0 Å². The summed E-state index contributed by atoms with van der Waals surface area (Å²) in [6.07, 6.45) is 5.29. The van der Waals surface area contributed by atoms with Crippen molar-refractivity contribution in [1.29, 1.82) is 0 Å². The second kappa shape index (κ2) is 7.21. The lowest BCUT2D eigenvalue weighted by Crippen LogP contribution is -2.35. The van der Waals surface area contributed by atoms with Crippen LogP contribution in [0.4, 0.5) is 0 Å². The molecule has 1 aliphatic rings. The maximum atomic E-state index is 5.11. The first-order valence-corrected chi connectivity index (χ1v) is 5.87. The smallest absolute Gasteiger partial charge is 0.0682 e. The van der Waals surface area contributed by atoms with Gasteiger partial charge < -0.3 is 9.74 Å². The van der Waals surface area contributed by atoms with E-state index in [2.05, 4.69) is 17.3 Å². The molecule has 3 nitrogen and oxygen atoms in total. The number of hydrogen-bond donors (Lipinski definition) is 1. The van der Waals surface area contributed by atoms with Crippen molar-refractivity contribution in [2.75, 3.05) is 33.3 Å². The van der Waals surface area contributed by atoms with Gasteiger partial charge in [-0.1, -0.05) is 6.92 Å². The molecule has 1 N–H and O–H groups in total. The topological polar surface area (TPSA) is 24.5 Å². The van der Waals surface area contributed by atoms with E-state index < -0.39 is 0 Å². The van der Waals surface area contributed by atoms with E-state index in [-0.39, 0.29) is 0 Å². The van der Waals surface area contributed by atoms with Crippen LogP contribution in [0.25, 0.3) is 0 Å². The van der Waals surface area contributed by atoms with Gasteiger partial charge in [-0.25, -0.2) is 5.48 Å². The number of rotatable bonds is 6. The Kier molecular flexibility index (Phi) is 6.15. The van der Waals surface area contributed by atoms with Gasteiger partial charge in [0.1, 0.15) is 0 Å². The molecule has 1 rings (SSSR count). The van der Waals surface area contributed by atoms with Crippen molar-refractivity contribution in [2.24, 2.45) is 5.92 Å². The molecule has 0 aromatic heterocycles. The first-order valence-electron chi connectivity index (χ1n) is 5.87. The molecule has 1 fully saturated rings. The molecule has 0 aromatic carbocycles. The van der Waals surface area contributed by atoms with Crippen LogP contribution in [-0.4, -0.2) is 38.2 Å². The molecule has 84 valence electrons. The molecule has 0 aliphatic carbocycles. The SMILES string of the molecule is CCN1CCCC(CCCONC)C1. The predicted molar refractivity (Wildman–Crippen MR) is 59.1 cm³/mol. The Balaban J connectivity index is 2.05. The minimum Gasteiger partial charge on any atom is -0.303 e. The minimum atomic E-state index is 0.846. The van der Waals surface area contributed by atoms with Crippen molar-refractivity contribution < 1.29 is 4.84 Å². The van der Waals surface area contributed by atoms with Crippen molar-refractivity contribution in [3.8, 4) is 0 Å². The van der Waals surface area contributed by atoms with Crippen molar-refractivity contribution >= 4 is 0 Å². The Bertz CT molecular complexity index is 141. The highest BCUT2D eigenvalue weighted by Gasteiger charge is 2.17. The fourth-order valence-electron chi connectivity index (χ4n) is 2.22. The van der Waals surface area contributed by atoms with Gasteiger partial charge in [0.25, 0.3) is 0 Å². The monoisotopic (exact) mass is 200 g/mol. The molecule has 1 atom stereocenters. The molecule has 0 saturated carbocycles. The second-order valence-electron chi connectivity index (χ2n) is 4.10. The van der Waals surface area contributed by atoms with E-state index in [9.17, 15) is 0 Å². The van der Waals surface area contributed by atoms with Crippen LogP contribution in [0.5, 0.6) is 0 Å². The molecule has 0 bridgehead atoms. The highest BCUT2D eigenvalue weighted by atomic mass is 16.6. The van der Waals surface area contributed by atoms with Crippen LogP contribution in [0.2, 0.25) is 0 Å². The van der Waals surface area contributed by atoms with Crippen LogP contribution in [0, 0.1) is 5.92 Å². The lowest BCUT2D eigenvalue weighted by Gasteiger charge is -2.31. The van der Waals surface area contributed by atoms with E-state index >= 15 is 0 Å². The van der Waals surface area contributed by atoms with Gasteiger partial charge in [0.15, 0.2) is 0 Å². The third-order valence-electron chi connectivity index (χ3n) is 3.05. The lowest BCUT2D eigenvalue weighted by atomic mass is 9.93. The third kappa shape index (κ3) is 4.40. The van der Waals surface area contributed by atoms with Gasteiger partial charge in [-0.05, 0) is 44.7 Å². The Labute approximate surface area is 87.8 Å². The first-order chi connectivity index (χ1) is 6.86. The zero-order valence-corrected chi connectivity index (χ0v) is 9.59. The van der Waals surface area contributed by atoms with E-state index in [1.165, 1.54) is 45.3 Å². The Morgan fingerprint density at radius 2 is 2.36 bits per heavy atom. The highest BCUT2D eigenvalue weighted by Crippen LogP contribution is 2.20. The summed E-state index contributed by atoms with van der Waals surface area (Å²) < 4.78 is 0. The van der Waals surface area contributed by atoms with E-state index in [1.807, 2.05) is 7.05 Å². The number of nitrogens with zero attached hydrogens (tertiary/aromatic N) is 1. The minimum absolute atomic E-state index is 0.846. The van der Waals surface area contributed by atoms with Gasteiger partial charge in [-0.3, -0.25) is 0 Å². The number of hydroxylamine groups is 1. The molecule has 0 radical (unpaired) electrons. The number of nitrogens with one attached hydrogen (secondary N) is 1. The van der Waals surface area contributed by atoms with Gasteiger partial charge in [0, 0.05) is 13.6 Å². The van der Waals surface area contributed by atoms with Crippen molar-refractivity contribution in [3.63, 3.8) is 0 Å². The highest BCUT2D eigenvalue weighted by molar-refractivity contribution is 4.71. The number of likely N-dealkylation sites (tertiary alicyclic amines) is 1. The molecule has 3 heteroatoms. The van der Waals surface area contributed by atoms with Crippen LogP contribution in [0.15, 0.2) is 0 Å². The lowest BCUT2D eigenvalue weighted by molar-refractivity contribution is 0.0503. The molecule has 1 aliphatic heterocycles. The zero-order chi connectivity index (χ0) is 10.2. The Morgan fingerprint density at radius 1 is 1.50 bits per heavy atom. The van der Waals surface area contributed by atoms with Crippen LogP contribution >= 0.6 is 0 Å². The van der Waals surface area contributed by atoms with Crippen molar-refractivity contribution in [3.05, 3.63) is 0 Å². The molecule has 1 unspecified atom stereocenters. The summed E-state index contributed by atoms with van der Waals surface area (Å²) in [4.78, 5) is 7.68. The Hall–Kier alpha value is -0.120. The quantitative estimate of drug-likeness (QED) is 0.521. The summed E-state index contributed by atoms with van der Waals surface area (Å²) >= 11 is 0. The molecule has 0 spiro atoms. The van der Waals surface area contributed by atoms with E-state index in [4.69, 9.17) is 4.84 Å². The number of hydrogen-bond acceptors (Lipinski definition) is 3. The maximum absolute atomic E-state index is 5.11. The van der Waals surface area contributed by atoms with Gasteiger partial charge in [-0.2, -0.15) is 0 Å². The molecule has 1 saturated heterocycles. The standard InChI is InChI=1S/C11H24N2O/c1-3-13-8-4-6-11(10-13)7-5-9-14-12-2/h11-12H,3-10H2,1-2H3. The average molecular weight is 200 g/mol. The van der Waals surface area contributed by atoms with Crippen molar-refractivity contribution in [1.82, 2.24) is 10.4 Å². The van der Waals surface area contributed by atoms with E-state index in [1.54, 1.807) is 0 Å². The largest absolute Gasteiger partial charge is 0.303 e. The molecule has 0 amide bonds. The van der Waals surface area contributed by atoms with Crippen LogP contribution < -0.4 is 5.48 Å². The van der Waals surface area contributed by atoms with Gasteiger partial charge in [0.2, 0.25) is 0 Å². The first kappa shape index (κ1) is 12.0. The second-order valence-corrected chi connectivity index (χ2v) is 4.10. The molecule has 1 heterocycles. The molecular weight excluding hydrogens is 176 g/mol. The molecule has 14 heavy (non-hydrogen) atoms. The summed E-state index contributed by atoms with van der Waals surface area (Å²) in [6.45, 7) is 6.92. The third-order valence-corrected chi connectivity index (χ3v) is 3.05. The van der Waals surface area contributed by atoms with Crippen LogP contribution in [0.1, 0.15) is 32.6 Å². The fraction of sp³-hybridized carbons (Fsp3) is 1.00. The van der Waals surface area contributed by atoms with Gasteiger partial charge in [0.05, 0.1) is 6.61 Å². The molecular formula is C11H24N2O.